The number of benzene rings is 2. The van der Waals surface area contributed by atoms with Crippen LogP contribution in [0.25, 0.3) is 11.1 Å². The number of methoxy groups -OCH3 is 2. The molecule has 1 N–H and O–H groups in total. The first kappa shape index (κ1) is 23.3. The van der Waals surface area contributed by atoms with Gasteiger partial charge in [-0.25, -0.2) is 13.1 Å². The van der Waals surface area contributed by atoms with Crippen molar-refractivity contribution in [3.63, 3.8) is 0 Å². The summed E-state index contributed by atoms with van der Waals surface area (Å²) in [6.07, 6.45) is 7.48. The highest BCUT2D eigenvalue weighted by atomic mass is 32.2. The molecule has 1 aliphatic carbocycles. The Morgan fingerprint density at radius 1 is 1.00 bits per heavy atom. The lowest BCUT2D eigenvalue weighted by molar-refractivity contribution is 0.305. The summed E-state index contributed by atoms with van der Waals surface area (Å²) in [6.45, 7) is 1.97. The molecule has 4 rings (SSSR count). The molecule has 1 saturated carbocycles. The quantitative estimate of drug-likeness (QED) is 0.535. The van der Waals surface area contributed by atoms with Crippen LogP contribution in [0.1, 0.15) is 44.2 Å². The zero-order valence-corrected chi connectivity index (χ0v) is 20.0. The summed E-state index contributed by atoms with van der Waals surface area (Å²) in [4.78, 5) is 0.329. The van der Waals surface area contributed by atoms with Gasteiger partial charge < -0.3 is 14.0 Å². The SMILES string of the molecule is CCc1cc(-c2cc(OC)cc(OC)c2)ccc1S(=O)(=O)N[C@H]1CCC[C@@H](n2cnnc2)C1. The lowest BCUT2D eigenvalue weighted by Gasteiger charge is -2.30. The van der Waals surface area contributed by atoms with Crippen LogP contribution in [0.3, 0.4) is 0 Å². The summed E-state index contributed by atoms with van der Waals surface area (Å²) in [5.74, 6) is 1.36. The van der Waals surface area contributed by atoms with Crippen LogP contribution >= 0.6 is 0 Å². The third-order valence-electron chi connectivity index (χ3n) is 6.24. The molecule has 0 radical (unpaired) electrons. The van der Waals surface area contributed by atoms with Crippen molar-refractivity contribution in [2.45, 2.75) is 56.0 Å². The third kappa shape index (κ3) is 5.20. The molecule has 1 heterocycles. The number of nitrogens with zero attached hydrogens (tertiary/aromatic N) is 3. The van der Waals surface area contributed by atoms with E-state index in [0.717, 1.165) is 42.4 Å². The number of rotatable bonds is 8. The molecule has 2 atom stereocenters. The predicted molar refractivity (Wildman–Crippen MR) is 126 cm³/mol. The van der Waals surface area contributed by atoms with Crippen LogP contribution in [-0.4, -0.2) is 43.4 Å². The highest BCUT2D eigenvalue weighted by Crippen LogP contribution is 2.33. The van der Waals surface area contributed by atoms with E-state index in [9.17, 15) is 8.42 Å². The molecule has 3 aromatic rings. The molecule has 9 heteroatoms. The lowest BCUT2D eigenvalue weighted by Crippen LogP contribution is -2.39. The van der Waals surface area contributed by atoms with Crippen molar-refractivity contribution >= 4 is 10.0 Å². The maximum absolute atomic E-state index is 13.3. The van der Waals surface area contributed by atoms with Crippen molar-refractivity contribution in [1.82, 2.24) is 19.5 Å². The summed E-state index contributed by atoms with van der Waals surface area (Å²) >= 11 is 0. The Hall–Kier alpha value is -2.91. The second kappa shape index (κ2) is 9.93. The van der Waals surface area contributed by atoms with Crippen molar-refractivity contribution in [3.8, 4) is 22.6 Å². The number of hydrogen-bond acceptors (Lipinski definition) is 6. The Morgan fingerprint density at radius 3 is 2.33 bits per heavy atom. The fourth-order valence-corrected chi connectivity index (χ4v) is 6.07. The molecule has 33 heavy (non-hydrogen) atoms. The van der Waals surface area contributed by atoms with Gasteiger partial charge in [0, 0.05) is 18.2 Å². The van der Waals surface area contributed by atoms with Crippen LogP contribution in [0.15, 0.2) is 53.9 Å². The van der Waals surface area contributed by atoms with Gasteiger partial charge >= 0.3 is 0 Å². The van der Waals surface area contributed by atoms with E-state index in [2.05, 4.69) is 14.9 Å². The smallest absolute Gasteiger partial charge is 0.241 e. The van der Waals surface area contributed by atoms with Gasteiger partial charge in [0.2, 0.25) is 10.0 Å². The van der Waals surface area contributed by atoms with Crippen LogP contribution in [0, 0.1) is 0 Å². The van der Waals surface area contributed by atoms with Crippen LogP contribution in [0.2, 0.25) is 0 Å². The Morgan fingerprint density at radius 2 is 1.70 bits per heavy atom. The topological polar surface area (TPSA) is 95.3 Å². The summed E-state index contributed by atoms with van der Waals surface area (Å²) < 4.78 is 42.4. The van der Waals surface area contributed by atoms with E-state index in [4.69, 9.17) is 9.47 Å². The monoisotopic (exact) mass is 470 g/mol. The third-order valence-corrected chi connectivity index (χ3v) is 7.86. The van der Waals surface area contributed by atoms with Gasteiger partial charge in [-0.1, -0.05) is 13.0 Å². The van der Waals surface area contributed by atoms with Crippen LogP contribution < -0.4 is 14.2 Å². The first-order valence-corrected chi connectivity index (χ1v) is 12.6. The van der Waals surface area contributed by atoms with Crippen molar-refractivity contribution in [2.24, 2.45) is 0 Å². The molecule has 0 unspecified atom stereocenters. The highest BCUT2D eigenvalue weighted by molar-refractivity contribution is 7.89. The van der Waals surface area contributed by atoms with Gasteiger partial charge in [-0.2, -0.15) is 0 Å². The molecule has 2 aromatic carbocycles. The average molecular weight is 471 g/mol. The molecule has 8 nitrogen and oxygen atoms in total. The molecule has 0 amide bonds. The van der Waals surface area contributed by atoms with Crippen LogP contribution in [0.4, 0.5) is 0 Å². The molecular formula is C24H30N4O4S. The zero-order valence-electron chi connectivity index (χ0n) is 19.2. The number of aromatic nitrogens is 3. The average Bonchev–Trinajstić information content (AvgIpc) is 3.38. The van der Waals surface area contributed by atoms with Gasteiger partial charge in [0.1, 0.15) is 24.2 Å². The summed E-state index contributed by atoms with van der Waals surface area (Å²) in [5, 5.41) is 7.76. The van der Waals surface area contributed by atoms with Crippen LogP contribution in [-0.2, 0) is 16.4 Å². The fourth-order valence-electron chi connectivity index (χ4n) is 4.49. The molecule has 0 saturated heterocycles. The summed E-state index contributed by atoms with van der Waals surface area (Å²) in [6, 6.07) is 11.2. The maximum Gasteiger partial charge on any atom is 0.241 e. The number of hydrogen-bond donors (Lipinski definition) is 1. The second-order valence-electron chi connectivity index (χ2n) is 8.33. The van der Waals surface area contributed by atoms with Gasteiger partial charge in [-0.05, 0) is 73.1 Å². The van der Waals surface area contributed by atoms with E-state index >= 15 is 0 Å². The normalized spacial score (nSPS) is 18.8. The fraction of sp³-hybridized carbons (Fsp3) is 0.417. The molecule has 1 aromatic heterocycles. The van der Waals surface area contributed by atoms with Gasteiger partial charge in [0.25, 0.3) is 0 Å². The minimum Gasteiger partial charge on any atom is -0.497 e. The second-order valence-corrected chi connectivity index (χ2v) is 10.0. The Bertz CT molecular complexity index is 1170. The van der Waals surface area contributed by atoms with E-state index in [-0.39, 0.29) is 12.1 Å². The first-order valence-electron chi connectivity index (χ1n) is 11.2. The highest BCUT2D eigenvalue weighted by Gasteiger charge is 2.28. The van der Waals surface area contributed by atoms with E-state index in [1.807, 2.05) is 41.8 Å². The molecule has 176 valence electrons. The van der Waals surface area contributed by atoms with Gasteiger partial charge in [-0.3, -0.25) is 0 Å². The minimum absolute atomic E-state index is 0.122. The predicted octanol–water partition coefficient (Wildman–Crippen LogP) is 3.99. The van der Waals surface area contributed by atoms with Crippen molar-refractivity contribution in [2.75, 3.05) is 14.2 Å². The van der Waals surface area contributed by atoms with E-state index < -0.39 is 10.0 Å². The van der Waals surface area contributed by atoms with E-state index in [1.54, 1.807) is 32.9 Å². The molecular weight excluding hydrogens is 440 g/mol. The molecule has 1 aliphatic rings. The first-order chi connectivity index (χ1) is 15.9. The van der Waals surface area contributed by atoms with Crippen LogP contribution in [0.5, 0.6) is 11.5 Å². The Kier molecular flexibility index (Phi) is 6.99. The maximum atomic E-state index is 13.3. The number of ether oxygens (including phenoxy) is 2. The number of aryl methyl sites for hydroxylation is 1. The van der Waals surface area contributed by atoms with Crippen molar-refractivity contribution < 1.29 is 17.9 Å². The largest absolute Gasteiger partial charge is 0.497 e. The summed E-state index contributed by atoms with van der Waals surface area (Å²) in [5.41, 5.74) is 2.59. The molecule has 0 bridgehead atoms. The molecule has 1 fully saturated rings. The Balaban J connectivity index is 1.58. The van der Waals surface area contributed by atoms with E-state index in [0.29, 0.717) is 22.8 Å². The van der Waals surface area contributed by atoms with Gasteiger partial charge in [-0.15, -0.1) is 10.2 Å². The molecule has 0 aliphatic heterocycles. The van der Waals surface area contributed by atoms with Crippen molar-refractivity contribution in [3.05, 3.63) is 54.6 Å². The summed E-state index contributed by atoms with van der Waals surface area (Å²) in [7, 11) is -0.444. The van der Waals surface area contributed by atoms with E-state index in [1.165, 1.54) is 0 Å². The van der Waals surface area contributed by atoms with Gasteiger partial charge in [0.05, 0.1) is 19.1 Å². The standard InChI is InChI=1S/C24H30N4O4S/c1-4-17-10-18(19-11-22(31-2)14-23(12-19)32-3)8-9-24(17)33(29,30)27-20-6-5-7-21(13-20)28-15-25-26-16-28/h8-12,14-16,20-21,27H,4-7,13H2,1-3H3/t20-,21+/m0/s1. The minimum atomic E-state index is -3.66. The van der Waals surface area contributed by atoms with Crippen molar-refractivity contribution in [1.29, 1.82) is 0 Å². The number of sulfonamides is 1. The van der Waals surface area contributed by atoms with Gasteiger partial charge in [0.15, 0.2) is 0 Å². The zero-order chi connectivity index (χ0) is 23.4. The number of nitrogens with one attached hydrogen (secondary N) is 1. The Labute approximate surface area is 195 Å². The lowest BCUT2D eigenvalue weighted by atomic mass is 9.91. The molecule has 0 spiro atoms.